The Labute approximate surface area is 94.2 Å². The van der Waals surface area contributed by atoms with Gasteiger partial charge < -0.3 is 10.1 Å². The van der Waals surface area contributed by atoms with E-state index in [1.165, 1.54) is 19.4 Å². The molecule has 3 heteroatoms. The topological polar surface area (TPSA) is 24.5 Å². The van der Waals surface area contributed by atoms with Crippen LogP contribution in [-0.4, -0.2) is 50.3 Å². The third kappa shape index (κ3) is 4.09. The monoisotopic (exact) mass is 214 g/mol. The summed E-state index contributed by atoms with van der Waals surface area (Å²) < 4.78 is 5.58. The van der Waals surface area contributed by atoms with Gasteiger partial charge in [-0.2, -0.15) is 0 Å². The van der Waals surface area contributed by atoms with Gasteiger partial charge in [0, 0.05) is 18.7 Å². The number of ether oxygens (including phenoxy) is 1. The lowest BCUT2D eigenvalue weighted by molar-refractivity contribution is 0.00622. The molecule has 2 unspecified atom stereocenters. The summed E-state index contributed by atoms with van der Waals surface area (Å²) in [4.78, 5) is 2.44. The molecule has 0 spiro atoms. The number of rotatable bonds is 6. The van der Waals surface area contributed by atoms with Crippen LogP contribution in [0.25, 0.3) is 0 Å². The Kier molecular flexibility index (Phi) is 6.22. The first kappa shape index (κ1) is 12.9. The Morgan fingerprint density at radius 2 is 2.13 bits per heavy atom. The number of nitrogens with zero attached hydrogens (tertiary/aromatic N) is 1. The fourth-order valence-corrected chi connectivity index (χ4v) is 2.24. The maximum Gasteiger partial charge on any atom is 0.0636 e. The zero-order valence-electron chi connectivity index (χ0n) is 10.5. The normalized spacial score (nSPS) is 27.2. The van der Waals surface area contributed by atoms with Crippen LogP contribution in [0.4, 0.5) is 0 Å². The lowest BCUT2D eigenvalue weighted by Crippen LogP contribution is -2.54. The molecule has 1 fully saturated rings. The molecule has 3 nitrogen and oxygen atoms in total. The van der Waals surface area contributed by atoms with Crippen LogP contribution in [0.15, 0.2) is 0 Å². The predicted octanol–water partition coefficient (Wildman–Crippen LogP) is 1.49. The van der Waals surface area contributed by atoms with Gasteiger partial charge in [-0.25, -0.2) is 0 Å². The predicted molar refractivity (Wildman–Crippen MR) is 64.2 cm³/mol. The van der Waals surface area contributed by atoms with Crippen molar-refractivity contribution in [2.24, 2.45) is 0 Å². The van der Waals surface area contributed by atoms with Crippen molar-refractivity contribution < 1.29 is 4.74 Å². The fraction of sp³-hybridized carbons (Fsp3) is 1.00. The van der Waals surface area contributed by atoms with E-state index in [9.17, 15) is 0 Å². The highest BCUT2D eigenvalue weighted by Gasteiger charge is 2.27. The van der Waals surface area contributed by atoms with Crippen molar-refractivity contribution in [1.82, 2.24) is 10.2 Å². The summed E-state index contributed by atoms with van der Waals surface area (Å²) >= 11 is 0. The van der Waals surface area contributed by atoms with Gasteiger partial charge in [-0.05, 0) is 39.4 Å². The zero-order valence-corrected chi connectivity index (χ0v) is 10.5. The van der Waals surface area contributed by atoms with Crippen LogP contribution in [-0.2, 0) is 4.74 Å². The quantitative estimate of drug-likeness (QED) is 0.725. The van der Waals surface area contributed by atoms with Crippen LogP contribution in [0.1, 0.15) is 33.1 Å². The third-order valence-corrected chi connectivity index (χ3v) is 3.13. The standard InChI is InChI=1S/C12H26N2O/c1-4-7-13-11-6-9-15-10-12(11)14(3)8-5-2/h11-13H,4-10H2,1-3H3. The highest BCUT2D eigenvalue weighted by atomic mass is 16.5. The molecule has 1 aliphatic heterocycles. The fourth-order valence-electron chi connectivity index (χ4n) is 2.24. The summed E-state index contributed by atoms with van der Waals surface area (Å²) in [5.41, 5.74) is 0. The molecule has 1 rings (SSSR count). The molecule has 0 aromatic heterocycles. The van der Waals surface area contributed by atoms with Crippen molar-refractivity contribution in [1.29, 1.82) is 0 Å². The molecule has 0 amide bonds. The zero-order chi connectivity index (χ0) is 11.1. The lowest BCUT2D eigenvalue weighted by Gasteiger charge is -2.38. The molecule has 0 bridgehead atoms. The molecule has 0 radical (unpaired) electrons. The molecule has 1 aliphatic rings. The largest absolute Gasteiger partial charge is 0.380 e. The van der Waals surface area contributed by atoms with E-state index in [4.69, 9.17) is 4.74 Å². The van der Waals surface area contributed by atoms with E-state index in [0.717, 1.165) is 26.2 Å². The van der Waals surface area contributed by atoms with Crippen LogP contribution in [0, 0.1) is 0 Å². The first-order valence-electron chi connectivity index (χ1n) is 6.31. The van der Waals surface area contributed by atoms with Crippen LogP contribution in [0.2, 0.25) is 0 Å². The Morgan fingerprint density at radius 1 is 1.33 bits per heavy atom. The summed E-state index contributed by atoms with van der Waals surface area (Å²) in [5, 5.41) is 3.64. The van der Waals surface area contributed by atoms with E-state index < -0.39 is 0 Å². The molecule has 0 saturated carbocycles. The second kappa shape index (κ2) is 7.20. The van der Waals surface area contributed by atoms with Gasteiger partial charge in [0.25, 0.3) is 0 Å². The number of hydrogen-bond donors (Lipinski definition) is 1. The molecule has 1 saturated heterocycles. The molecule has 15 heavy (non-hydrogen) atoms. The molecular formula is C12H26N2O. The van der Waals surface area contributed by atoms with Gasteiger partial charge in [0.05, 0.1) is 6.61 Å². The first-order valence-corrected chi connectivity index (χ1v) is 6.31. The smallest absolute Gasteiger partial charge is 0.0636 e. The molecule has 1 heterocycles. The van der Waals surface area contributed by atoms with Crippen molar-refractivity contribution in [3.63, 3.8) is 0 Å². The van der Waals surface area contributed by atoms with E-state index in [-0.39, 0.29) is 0 Å². The summed E-state index contributed by atoms with van der Waals surface area (Å²) in [6.07, 6.45) is 3.58. The van der Waals surface area contributed by atoms with Crippen molar-refractivity contribution >= 4 is 0 Å². The number of likely N-dealkylation sites (N-methyl/N-ethyl adjacent to an activating group) is 1. The van der Waals surface area contributed by atoms with Gasteiger partial charge in [-0.3, -0.25) is 4.90 Å². The Hall–Kier alpha value is -0.120. The van der Waals surface area contributed by atoms with Crippen molar-refractivity contribution in [2.75, 3.05) is 33.4 Å². The van der Waals surface area contributed by atoms with E-state index in [1.54, 1.807) is 0 Å². The van der Waals surface area contributed by atoms with Crippen LogP contribution < -0.4 is 5.32 Å². The molecule has 0 aromatic carbocycles. The van der Waals surface area contributed by atoms with Gasteiger partial charge in [0.2, 0.25) is 0 Å². The first-order chi connectivity index (χ1) is 7.29. The van der Waals surface area contributed by atoms with Crippen molar-refractivity contribution in [3.05, 3.63) is 0 Å². The molecule has 90 valence electrons. The van der Waals surface area contributed by atoms with Gasteiger partial charge in [0.15, 0.2) is 0 Å². The van der Waals surface area contributed by atoms with E-state index in [1.807, 2.05) is 0 Å². The average Bonchev–Trinajstić information content (AvgIpc) is 2.27. The van der Waals surface area contributed by atoms with Crippen LogP contribution >= 0.6 is 0 Å². The van der Waals surface area contributed by atoms with Gasteiger partial charge >= 0.3 is 0 Å². The maximum absolute atomic E-state index is 5.58. The number of nitrogens with one attached hydrogen (secondary N) is 1. The minimum atomic E-state index is 0.560. The van der Waals surface area contributed by atoms with Crippen molar-refractivity contribution in [2.45, 2.75) is 45.2 Å². The average molecular weight is 214 g/mol. The van der Waals surface area contributed by atoms with Gasteiger partial charge in [0.1, 0.15) is 0 Å². The second-order valence-corrected chi connectivity index (χ2v) is 4.47. The Balaban J connectivity index is 2.41. The number of hydrogen-bond acceptors (Lipinski definition) is 3. The summed E-state index contributed by atoms with van der Waals surface area (Å²) in [6.45, 7) is 8.54. The molecule has 2 atom stereocenters. The Bertz CT molecular complexity index is 164. The molecule has 0 aromatic rings. The van der Waals surface area contributed by atoms with Crippen LogP contribution in [0.5, 0.6) is 0 Å². The van der Waals surface area contributed by atoms with E-state index in [2.05, 4.69) is 31.1 Å². The van der Waals surface area contributed by atoms with Crippen molar-refractivity contribution in [3.8, 4) is 0 Å². The lowest BCUT2D eigenvalue weighted by atomic mass is 10.0. The highest BCUT2D eigenvalue weighted by molar-refractivity contribution is 4.85. The second-order valence-electron chi connectivity index (χ2n) is 4.47. The van der Waals surface area contributed by atoms with Crippen LogP contribution in [0.3, 0.4) is 0 Å². The summed E-state index contributed by atoms with van der Waals surface area (Å²) in [5.74, 6) is 0. The SMILES string of the molecule is CCCNC1CCOCC1N(C)CCC. The Morgan fingerprint density at radius 3 is 2.80 bits per heavy atom. The van der Waals surface area contributed by atoms with E-state index in [0.29, 0.717) is 12.1 Å². The maximum atomic E-state index is 5.58. The summed E-state index contributed by atoms with van der Waals surface area (Å²) in [7, 11) is 2.21. The van der Waals surface area contributed by atoms with Gasteiger partial charge in [-0.15, -0.1) is 0 Å². The highest BCUT2D eigenvalue weighted by Crippen LogP contribution is 2.13. The minimum Gasteiger partial charge on any atom is -0.380 e. The molecule has 0 aliphatic carbocycles. The molecular weight excluding hydrogens is 188 g/mol. The third-order valence-electron chi connectivity index (χ3n) is 3.13. The van der Waals surface area contributed by atoms with Gasteiger partial charge in [-0.1, -0.05) is 13.8 Å². The van der Waals surface area contributed by atoms with E-state index >= 15 is 0 Å². The molecule has 1 N–H and O–H groups in total. The minimum absolute atomic E-state index is 0.560. The summed E-state index contributed by atoms with van der Waals surface area (Å²) in [6, 6.07) is 1.18.